The second-order valence-electron chi connectivity index (χ2n) is 4.00. The number of hydrogen-bond acceptors (Lipinski definition) is 3. The Labute approximate surface area is 115 Å². The molecule has 2 aromatic carbocycles. The maximum absolute atomic E-state index is 11.9. The van der Waals surface area contributed by atoms with Crippen LogP contribution in [-0.2, 0) is 4.79 Å². The summed E-state index contributed by atoms with van der Waals surface area (Å²) in [5.41, 5.74) is 1.10. The monoisotopic (exact) mass is 268 g/mol. The fourth-order valence-electron chi connectivity index (χ4n) is 1.55. The first-order valence-electron chi connectivity index (χ1n) is 5.93. The van der Waals surface area contributed by atoms with Crippen molar-refractivity contribution in [2.45, 2.75) is 0 Å². The molecule has 1 N–H and O–H groups in total. The Morgan fingerprint density at radius 3 is 2.20 bits per heavy atom. The van der Waals surface area contributed by atoms with Gasteiger partial charge in [-0.25, -0.2) is 9.59 Å². The van der Waals surface area contributed by atoms with Crippen LogP contribution < -0.4 is 4.74 Å². The van der Waals surface area contributed by atoms with Gasteiger partial charge in [-0.1, -0.05) is 30.3 Å². The highest BCUT2D eigenvalue weighted by atomic mass is 16.5. The number of ether oxygens (including phenoxy) is 1. The third kappa shape index (κ3) is 3.81. The molecule has 4 nitrogen and oxygen atoms in total. The lowest BCUT2D eigenvalue weighted by Gasteiger charge is -2.04. The second-order valence-corrected chi connectivity index (χ2v) is 4.00. The summed E-state index contributed by atoms with van der Waals surface area (Å²) in [5.74, 6) is -0.991. The zero-order valence-corrected chi connectivity index (χ0v) is 10.5. The first-order chi connectivity index (χ1) is 9.65. The Hall–Kier alpha value is -2.88. The van der Waals surface area contributed by atoms with E-state index in [0.717, 1.165) is 6.08 Å². The summed E-state index contributed by atoms with van der Waals surface area (Å²) < 4.78 is 5.19. The van der Waals surface area contributed by atoms with Crippen LogP contribution in [0.4, 0.5) is 0 Å². The molecule has 0 spiro atoms. The summed E-state index contributed by atoms with van der Waals surface area (Å²) in [6.45, 7) is 0. The molecule has 0 atom stereocenters. The number of carbonyl (C=O) groups excluding carboxylic acids is 1. The van der Waals surface area contributed by atoms with Gasteiger partial charge in [0.05, 0.1) is 5.56 Å². The van der Waals surface area contributed by atoms with Gasteiger partial charge in [-0.15, -0.1) is 0 Å². The summed E-state index contributed by atoms with van der Waals surface area (Å²) in [4.78, 5) is 22.2. The van der Waals surface area contributed by atoms with E-state index in [1.807, 2.05) is 6.07 Å². The van der Waals surface area contributed by atoms with E-state index in [1.54, 1.807) is 48.5 Å². The van der Waals surface area contributed by atoms with Crippen LogP contribution in [0.2, 0.25) is 0 Å². The quantitative estimate of drug-likeness (QED) is 0.526. The topological polar surface area (TPSA) is 63.6 Å². The van der Waals surface area contributed by atoms with Crippen molar-refractivity contribution < 1.29 is 19.4 Å². The molecule has 100 valence electrons. The second kappa shape index (κ2) is 6.33. The lowest BCUT2D eigenvalue weighted by Crippen LogP contribution is -2.08. The number of esters is 1. The predicted octanol–water partition coefficient (Wildman–Crippen LogP) is 3.00. The third-order valence-corrected chi connectivity index (χ3v) is 2.52. The highest BCUT2D eigenvalue weighted by Gasteiger charge is 2.07. The van der Waals surface area contributed by atoms with Gasteiger partial charge >= 0.3 is 11.9 Å². The van der Waals surface area contributed by atoms with Gasteiger partial charge < -0.3 is 9.84 Å². The minimum atomic E-state index is -1.02. The summed E-state index contributed by atoms with van der Waals surface area (Å²) in [7, 11) is 0. The molecule has 0 aromatic heterocycles. The number of hydrogen-bond donors (Lipinski definition) is 1. The van der Waals surface area contributed by atoms with E-state index in [4.69, 9.17) is 9.84 Å². The first kappa shape index (κ1) is 13.5. The molecule has 0 fully saturated rings. The predicted molar refractivity (Wildman–Crippen MR) is 74.5 cm³/mol. The lowest BCUT2D eigenvalue weighted by atomic mass is 10.1. The fraction of sp³-hybridized carbons (Fsp3) is 0. The summed E-state index contributed by atoms with van der Waals surface area (Å²) >= 11 is 0. The highest BCUT2D eigenvalue weighted by molar-refractivity contribution is 5.91. The van der Waals surface area contributed by atoms with E-state index in [0.29, 0.717) is 16.9 Å². The van der Waals surface area contributed by atoms with Gasteiger partial charge in [0.15, 0.2) is 0 Å². The van der Waals surface area contributed by atoms with Crippen molar-refractivity contribution in [3.8, 4) is 5.75 Å². The van der Waals surface area contributed by atoms with Crippen LogP contribution in [-0.4, -0.2) is 17.0 Å². The number of carboxylic acids is 1. The third-order valence-electron chi connectivity index (χ3n) is 2.52. The van der Waals surface area contributed by atoms with Gasteiger partial charge in [0.1, 0.15) is 5.75 Å². The summed E-state index contributed by atoms with van der Waals surface area (Å²) in [5, 5.41) is 8.52. The molecule has 0 bridgehead atoms. The Morgan fingerprint density at radius 2 is 1.60 bits per heavy atom. The van der Waals surface area contributed by atoms with Gasteiger partial charge in [-0.2, -0.15) is 0 Å². The van der Waals surface area contributed by atoms with Crippen molar-refractivity contribution in [3.63, 3.8) is 0 Å². The fourth-order valence-corrected chi connectivity index (χ4v) is 1.55. The van der Waals surface area contributed by atoms with Gasteiger partial charge in [0.25, 0.3) is 0 Å². The molecule has 0 radical (unpaired) electrons. The van der Waals surface area contributed by atoms with E-state index in [9.17, 15) is 9.59 Å². The lowest BCUT2D eigenvalue weighted by molar-refractivity contribution is -0.131. The van der Waals surface area contributed by atoms with Gasteiger partial charge in [-0.05, 0) is 35.9 Å². The van der Waals surface area contributed by atoms with Crippen molar-refractivity contribution in [1.29, 1.82) is 0 Å². The Balaban J connectivity index is 2.06. The van der Waals surface area contributed by atoms with Crippen LogP contribution in [0, 0.1) is 0 Å². The molecular formula is C16H12O4. The Morgan fingerprint density at radius 1 is 0.950 bits per heavy atom. The molecule has 0 aliphatic carbocycles. The number of carbonyl (C=O) groups is 2. The van der Waals surface area contributed by atoms with E-state index < -0.39 is 11.9 Å². The van der Waals surface area contributed by atoms with E-state index in [2.05, 4.69) is 0 Å². The van der Waals surface area contributed by atoms with Crippen LogP contribution in [0.1, 0.15) is 15.9 Å². The number of rotatable bonds is 4. The van der Waals surface area contributed by atoms with Crippen molar-refractivity contribution in [3.05, 3.63) is 71.8 Å². The standard InChI is InChI=1S/C16H12O4/c17-15(18)11-8-12-6-9-13(10-7-12)16(19)20-14-4-2-1-3-5-14/h1-11H,(H,17,18). The zero-order valence-electron chi connectivity index (χ0n) is 10.5. The number of benzene rings is 2. The van der Waals surface area contributed by atoms with Crippen LogP contribution in [0.15, 0.2) is 60.7 Å². The van der Waals surface area contributed by atoms with E-state index in [-0.39, 0.29) is 0 Å². The SMILES string of the molecule is O=C(O)C=Cc1ccc(C(=O)Oc2ccccc2)cc1. The van der Waals surface area contributed by atoms with Gasteiger partial charge in [-0.3, -0.25) is 0 Å². The van der Waals surface area contributed by atoms with Crippen molar-refractivity contribution in [1.82, 2.24) is 0 Å². The molecule has 0 aliphatic rings. The number of carboxylic acid groups (broad SMARTS) is 1. The van der Waals surface area contributed by atoms with Crippen LogP contribution >= 0.6 is 0 Å². The minimum Gasteiger partial charge on any atom is -0.478 e. The summed E-state index contributed by atoms with van der Waals surface area (Å²) in [6.07, 6.45) is 2.49. The minimum absolute atomic E-state index is 0.404. The van der Waals surface area contributed by atoms with Crippen molar-refractivity contribution in [2.24, 2.45) is 0 Å². The maximum atomic E-state index is 11.9. The molecule has 4 heteroatoms. The molecule has 2 aromatic rings. The summed E-state index contributed by atoms with van der Waals surface area (Å²) in [6, 6.07) is 15.3. The molecule has 0 saturated heterocycles. The van der Waals surface area contributed by atoms with E-state index >= 15 is 0 Å². The molecular weight excluding hydrogens is 256 g/mol. The smallest absolute Gasteiger partial charge is 0.343 e. The van der Waals surface area contributed by atoms with Gasteiger partial charge in [0, 0.05) is 6.08 Å². The Kier molecular flexibility index (Phi) is 4.29. The van der Waals surface area contributed by atoms with E-state index in [1.165, 1.54) is 6.08 Å². The highest BCUT2D eigenvalue weighted by Crippen LogP contribution is 2.13. The largest absolute Gasteiger partial charge is 0.478 e. The molecule has 0 aliphatic heterocycles. The molecule has 20 heavy (non-hydrogen) atoms. The van der Waals surface area contributed by atoms with Crippen LogP contribution in [0.5, 0.6) is 5.75 Å². The average molecular weight is 268 g/mol. The zero-order chi connectivity index (χ0) is 14.4. The van der Waals surface area contributed by atoms with Crippen LogP contribution in [0.25, 0.3) is 6.08 Å². The molecule has 0 amide bonds. The van der Waals surface area contributed by atoms with Crippen molar-refractivity contribution in [2.75, 3.05) is 0 Å². The molecule has 2 rings (SSSR count). The molecule has 0 heterocycles. The average Bonchev–Trinajstić information content (AvgIpc) is 2.46. The number of aliphatic carboxylic acids is 1. The Bertz CT molecular complexity index is 627. The van der Waals surface area contributed by atoms with Crippen molar-refractivity contribution >= 4 is 18.0 Å². The number of para-hydroxylation sites is 1. The molecule has 0 unspecified atom stereocenters. The van der Waals surface area contributed by atoms with Gasteiger partial charge in [0.2, 0.25) is 0 Å². The van der Waals surface area contributed by atoms with Crippen LogP contribution in [0.3, 0.4) is 0 Å². The maximum Gasteiger partial charge on any atom is 0.343 e. The normalized spacial score (nSPS) is 10.4. The molecule has 0 saturated carbocycles. The first-order valence-corrected chi connectivity index (χ1v) is 5.93.